The van der Waals surface area contributed by atoms with Crippen molar-refractivity contribution >= 4 is 18.0 Å². The van der Waals surface area contributed by atoms with Crippen molar-refractivity contribution in [3.8, 4) is 11.1 Å². The second kappa shape index (κ2) is 10.7. The molecule has 0 radical (unpaired) electrons. The molecule has 0 heterocycles. The summed E-state index contributed by atoms with van der Waals surface area (Å²) in [7, 11) is 0. The van der Waals surface area contributed by atoms with Crippen LogP contribution in [0.1, 0.15) is 49.1 Å². The molecule has 4 rings (SSSR count). The second-order valence-corrected chi connectivity index (χ2v) is 8.95. The zero-order chi connectivity index (χ0) is 24.1. The molecule has 0 spiro atoms. The van der Waals surface area contributed by atoms with Crippen molar-refractivity contribution in [3.63, 3.8) is 0 Å². The average Bonchev–Trinajstić information content (AvgIpc) is 3.16. The van der Waals surface area contributed by atoms with E-state index < -0.39 is 18.2 Å². The van der Waals surface area contributed by atoms with Crippen LogP contribution in [-0.2, 0) is 14.3 Å². The van der Waals surface area contributed by atoms with E-state index in [1.54, 1.807) is 0 Å². The molecule has 2 aliphatic carbocycles. The van der Waals surface area contributed by atoms with Crippen molar-refractivity contribution in [1.29, 1.82) is 0 Å². The third kappa shape index (κ3) is 5.39. The van der Waals surface area contributed by atoms with Crippen molar-refractivity contribution in [2.24, 2.45) is 5.92 Å². The molecule has 1 fully saturated rings. The van der Waals surface area contributed by atoms with E-state index in [2.05, 4.69) is 34.9 Å². The van der Waals surface area contributed by atoms with Gasteiger partial charge in [-0.25, -0.2) is 9.59 Å². The Morgan fingerprint density at radius 3 is 2.12 bits per heavy atom. The predicted octanol–water partition coefficient (Wildman–Crippen LogP) is 3.04. The van der Waals surface area contributed by atoms with Gasteiger partial charge >= 0.3 is 12.1 Å². The molecular formula is C26H30N2O6. The Hall–Kier alpha value is -3.39. The van der Waals surface area contributed by atoms with E-state index >= 15 is 0 Å². The molecule has 180 valence electrons. The first-order valence-electron chi connectivity index (χ1n) is 11.7. The third-order valence-electron chi connectivity index (χ3n) is 6.77. The summed E-state index contributed by atoms with van der Waals surface area (Å²) in [6.45, 7) is 0.379. The lowest BCUT2D eigenvalue weighted by Crippen LogP contribution is -2.41. The maximum Gasteiger partial charge on any atom is 0.407 e. The van der Waals surface area contributed by atoms with E-state index in [1.807, 2.05) is 24.3 Å². The van der Waals surface area contributed by atoms with Crippen molar-refractivity contribution in [1.82, 2.24) is 10.6 Å². The lowest BCUT2D eigenvalue weighted by Gasteiger charge is -2.28. The molecule has 1 saturated carbocycles. The fourth-order valence-corrected chi connectivity index (χ4v) is 4.91. The number of ether oxygens (including phenoxy) is 1. The van der Waals surface area contributed by atoms with Gasteiger partial charge in [0, 0.05) is 30.8 Å². The number of carboxylic acids is 1. The zero-order valence-corrected chi connectivity index (χ0v) is 18.9. The van der Waals surface area contributed by atoms with Crippen LogP contribution in [0.15, 0.2) is 48.5 Å². The molecule has 0 bridgehead atoms. The number of aliphatic hydroxyl groups is 1. The quantitative estimate of drug-likeness (QED) is 0.474. The largest absolute Gasteiger partial charge is 0.479 e. The van der Waals surface area contributed by atoms with Crippen molar-refractivity contribution in [2.75, 3.05) is 13.2 Å². The predicted molar refractivity (Wildman–Crippen MR) is 125 cm³/mol. The summed E-state index contributed by atoms with van der Waals surface area (Å²) in [5, 5.41) is 23.6. The van der Waals surface area contributed by atoms with Gasteiger partial charge in [-0.15, -0.1) is 0 Å². The highest BCUT2D eigenvalue weighted by Gasteiger charge is 2.30. The van der Waals surface area contributed by atoms with Gasteiger partial charge in [-0.05, 0) is 47.9 Å². The molecular weight excluding hydrogens is 436 g/mol. The van der Waals surface area contributed by atoms with Crippen LogP contribution in [-0.4, -0.2) is 53.5 Å². The Kier molecular flexibility index (Phi) is 7.47. The highest BCUT2D eigenvalue weighted by atomic mass is 16.5. The Morgan fingerprint density at radius 2 is 1.53 bits per heavy atom. The number of carboxylic acid groups (broad SMARTS) is 1. The number of carbonyl (C=O) groups is 3. The van der Waals surface area contributed by atoms with Crippen LogP contribution in [0.5, 0.6) is 0 Å². The summed E-state index contributed by atoms with van der Waals surface area (Å²) < 4.78 is 5.61. The SMILES string of the molecule is O=C(NC1CCC(C(=O)NCCC(O)C(=O)O)CC1)OCC1c2ccccc2-c2ccccc21. The molecule has 34 heavy (non-hydrogen) atoms. The van der Waals surface area contributed by atoms with Gasteiger partial charge in [0.2, 0.25) is 5.91 Å². The number of fused-ring (bicyclic) bond motifs is 3. The molecule has 8 heteroatoms. The highest BCUT2D eigenvalue weighted by Crippen LogP contribution is 2.44. The number of amides is 2. The topological polar surface area (TPSA) is 125 Å². The highest BCUT2D eigenvalue weighted by molar-refractivity contribution is 5.80. The van der Waals surface area contributed by atoms with Gasteiger partial charge in [0.15, 0.2) is 6.10 Å². The molecule has 2 aromatic rings. The van der Waals surface area contributed by atoms with Gasteiger partial charge < -0.3 is 25.6 Å². The van der Waals surface area contributed by atoms with Crippen molar-refractivity contribution in [2.45, 2.75) is 50.2 Å². The summed E-state index contributed by atoms with van der Waals surface area (Å²) >= 11 is 0. The maximum atomic E-state index is 12.5. The van der Waals surface area contributed by atoms with E-state index in [0.717, 1.165) is 0 Å². The summed E-state index contributed by atoms with van der Waals surface area (Å²) in [5.74, 6) is -1.61. The molecule has 0 aromatic heterocycles. The second-order valence-electron chi connectivity index (χ2n) is 8.95. The lowest BCUT2D eigenvalue weighted by atomic mass is 9.85. The molecule has 1 unspecified atom stereocenters. The molecule has 8 nitrogen and oxygen atoms in total. The first-order valence-corrected chi connectivity index (χ1v) is 11.7. The van der Waals surface area contributed by atoms with Crippen LogP contribution in [0.4, 0.5) is 4.79 Å². The minimum atomic E-state index is -1.47. The molecule has 2 aromatic carbocycles. The number of hydrogen-bond donors (Lipinski definition) is 4. The van der Waals surface area contributed by atoms with Crippen molar-refractivity contribution in [3.05, 3.63) is 59.7 Å². The first-order chi connectivity index (χ1) is 16.4. The van der Waals surface area contributed by atoms with E-state index in [9.17, 15) is 19.5 Å². The average molecular weight is 467 g/mol. The Bertz CT molecular complexity index is 1000. The number of hydrogen-bond acceptors (Lipinski definition) is 5. The summed E-state index contributed by atoms with van der Waals surface area (Å²) in [6.07, 6.45) is 0.637. The van der Waals surface area contributed by atoms with Gasteiger partial charge in [-0.3, -0.25) is 4.79 Å². The molecule has 4 N–H and O–H groups in total. The van der Waals surface area contributed by atoms with Crippen molar-refractivity contribution < 1.29 is 29.3 Å². The third-order valence-corrected chi connectivity index (χ3v) is 6.77. The van der Waals surface area contributed by atoms with Crippen LogP contribution in [0.2, 0.25) is 0 Å². The van der Waals surface area contributed by atoms with Crippen LogP contribution in [0.25, 0.3) is 11.1 Å². The van der Waals surface area contributed by atoms with Gasteiger partial charge in [0.05, 0.1) is 0 Å². The first kappa shape index (κ1) is 23.8. The lowest BCUT2D eigenvalue weighted by molar-refractivity contribution is -0.147. The van der Waals surface area contributed by atoms with E-state index in [1.165, 1.54) is 22.3 Å². The van der Waals surface area contributed by atoms with Crippen LogP contribution >= 0.6 is 0 Å². The van der Waals surface area contributed by atoms with Gasteiger partial charge in [0.1, 0.15) is 6.61 Å². The Labute approximate surface area is 198 Å². The van der Waals surface area contributed by atoms with Gasteiger partial charge in [0.25, 0.3) is 0 Å². The summed E-state index contributed by atoms with van der Waals surface area (Å²) in [5.41, 5.74) is 4.69. The number of aliphatic carboxylic acids is 1. The molecule has 2 aliphatic rings. The Balaban J connectivity index is 1.21. The summed E-state index contributed by atoms with van der Waals surface area (Å²) in [6, 6.07) is 16.3. The molecule has 1 atom stereocenters. The number of rotatable bonds is 8. The molecule has 0 saturated heterocycles. The van der Waals surface area contributed by atoms with E-state index in [4.69, 9.17) is 9.84 Å². The van der Waals surface area contributed by atoms with Crippen LogP contribution < -0.4 is 10.6 Å². The number of aliphatic hydroxyl groups excluding tert-OH is 1. The smallest absolute Gasteiger partial charge is 0.407 e. The standard InChI is InChI=1S/C26H30N2O6/c29-23(25(31)32)13-14-27-24(30)16-9-11-17(12-10-16)28-26(33)34-15-22-20-7-3-1-5-18(20)19-6-2-4-8-21(19)22/h1-8,16-17,22-23,29H,9-15H2,(H,27,30)(H,28,33)(H,31,32). The van der Waals surface area contributed by atoms with Gasteiger partial charge in [-0.1, -0.05) is 48.5 Å². The minimum absolute atomic E-state index is 0.0113. The zero-order valence-electron chi connectivity index (χ0n) is 18.9. The van der Waals surface area contributed by atoms with E-state index in [-0.39, 0.29) is 43.4 Å². The number of benzene rings is 2. The van der Waals surface area contributed by atoms with E-state index in [0.29, 0.717) is 25.7 Å². The number of nitrogens with one attached hydrogen (secondary N) is 2. The fraction of sp³-hybridized carbons (Fsp3) is 0.423. The summed E-state index contributed by atoms with van der Waals surface area (Å²) in [4.78, 5) is 35.4. The molecule has 0 aliphatic heterocycles. The number of alkyl carbamates (subject to hydrolysis) is 1. The maximum absolute atomic E-state index is 12.5. The minimum Gasteiger partial charge on any atom is -0.479 e. The number of carbonyl (C=O) groups excluding carboxylic acids is 2. The van der Waals surface area contributed by atoms with Crippen LogP contribution in [0.3, 0.4) is 0 Å². The monoisotopic (exact) mass is 466 g/mol. The van der Waals surface area contributed by atoms with Crippen LogP contribution in [0, 0.1) is 5.92 Å². The molecule has 2 amide bonds. The normalized spacial score (nSPS) is 20.0. The Morgan fingerprint density at radius 1 is 0.941 bits per heavy atom. The van der Waals surface area contributed by atoms with Gasteiger partial charge in [-0.2, -0.15) is 0 Å². The fourth-order valence-electron chi connectivity index (χ4n) is 4.91.